The first-order chi connectivity index (χ1) is 15.4. The van der Waals surface area contributed by atoms with Crippen molar-refractivity contribution >= 4 is 33.4 Å². The van der Waals surface area contributed by atoms with Gasteiger partial charge in [-0.3, -0.25) is 9.59 Å². The lowest BCUT2D eigenvalue weighted by Crippen LogP contribution is -2.38. The lowest BCUT2D eigenvalue weighted by molar-refractivity contribution is -0.140. The van der Waals surface area contributed by atoms with Gasteiger partial charge in [0.25, 0.3) is 11.7 Å². The van der Waals surface area contributed by atoms with Crippen molar-refractivity contribution in [2.45, 2.75) is 26.8 Å². The number of hydrogen-bond donors (Lipinski definition) is 1. The third-order valence-electron chi connectivity index (χ3n) is 5.69. The quantitative estimate of drug-likeness (QED) is 0.309. The first kappa shape index (κ1) is 24.0. The van der Waals surface area contributed by atoms with Gasteiger partial charge in [0.1, 0.15) is 11.5 Å². The van der Waals surface area contributed by atoms with E-state index in [1.165, 1.54) is 0 Å². The fraction of sp³-hybridized carbons (Fsp3) is 0.360. The van der Waals surface area contributed by atoms with Crippen LogP contribution in [0.15, 0.2) is 58.6 Å². The molecule has 2 aromatic rings. The zero-order chi connectivity index (χ0) is 23.3. The second-order valence-corrected chi connectivity index (χ2v) is 8.45. The van der Waals surface area contributed by atoms with Crippen LogP contribution in [0.2, 0.25) is 0 Å². The molecule has 32 heavy (non-hydrogen) atoms. The summed E-state index contributed by atoms with van der Waals surface area (Å²) in [6.45, 7) is 9.31. The molecule has 1 aliphatic rings. The number of Topliss-reactive ketones (excluding diaryl/α,β-unsaturated/α-hetero) is 1. The zero-order valence-electron chi connectivity index (χ0n) is 18.7. The SMILES string of the molecule is CCOc1ccc(C(O)=C2C(=O)C(=O)N(CCN(CC)CC)[C@@H]2c2cccc(Br)c2)cc1. The van der Waals surface area contributed by atoms with E-state index in [4.69, 9.17) is 4.74 Å². The number of ketones is 1. The maximum Gasteiger partial charge on any atom is 0.295 e. The van der Waals surface area contributed by atoms with Crippen LogP contribution >= 0.6 is 15.9 Å². The molecule has 0 bridgehead atoms. The maximum atomic E-state index is 13.1. The van der Waals surface area contributed by atoms with E-state index in [1.807, 2.05) is 31.2 Å². The maximum absolute atomic E-state index is 13.1. The lowest BCUT2D eigenvalue weighted by atomic mass is 9.95. The molecule has 0 radical (unpaired) electrons. The number of aliphatic hydroxyl groups excluding tert-OH is 1. The number of halogens is 1. The van der Waals surface area contributed by atoms with Crippen molar-refractivity contribution in [3.63, 3.8) is 0 Å². The molecule has 0 spiro atoms. The molecule has 1 aliphatic heterocycles. The van der Waals surface area contributed by atoms with Gasteiger partial charge in [-0.25, -0.2) is 0 Å². The Morgan fingerprint density at radius 3 is 2.38 bits per heavy atom. The number of aliphatic hydroxyl groups is 1. The van der Waals surface area contributed by atoms with Gasteiger partial charge in [0.05, 0.1) is 18.2 Å². The van der Waals surface area contributed by atoms with Crippen molar-refractivity contribution in [3.05, 3.63) is 69.7 Å². The Morgan fingerprint density at radius 1 is 1.09 bits per heavy atom. The van der Waals surface area contributed by atoms with Crippen molar-refractivity contribution in [2.75, 3.05) is 32.8 Å². The summed E-state index contributed by atoms with van der Waals surface area (Å²) >= 11 is 3.48. The van der Waals surface area contributed by atoms with Crippen LogP contribution in [0.3, 0.4) is 0 Å². The molecule has 3 rings (SSSR count). The summed E-state index contributed by atoms with van der Waals surface area (Å²) in [7, 11) is 0. The molecular formula is C25H29BrN2O4. The van der Waals surface area contributed by atoms with Crippen LogP contribution in [0.25, 0.3) is 5.76 Å². The normalized spacial score (nSPS) is 17.9. The summed E-state index contributed by atoms with van der Waals surface area (Å²) in [4.78, 5) is 29.9. The predicted octanol–water partition coefficient (Wildman–Crippen LogP) is 4.61. The Bertz CT molecular complexity index is 999. The summed E-state index contributed by atoms with van der Waals surface area (Å²) in [5, 5.41) is 11.1. The summed E-state index contributed by atoms with van der Waals surface area (Å²) in [5.74, 6) is -0.760. The first-order valence-corrected chi connectivity index (χ1v) is 11.7. The Hall–Kier alpha value is -2.64. The Balaban J connectivity index is 2.06. The van der Waals surface area contributed by atoms with Crippen LogP contribution in [0, 0.1) is 0 Å². The van der Waals surface area contributed by atoms with Gasteiger partial charge in [0.2, 0.25) is 0 Å². The molecule has 0 aliphatic carbocycles. The van der Waals surface area contributed by atoms with Crippen LogP contribution in [-0.4, -0.2) is 59.4 Å². The molecule has 2 aromatic carbocycles. The smallest absolute Gasteiger partial charge is 0.295 e. The van der Waals surface area contributed by atoms with Crippen LogP contribution in [-0.2, 0) is 9.59 Å². The summed E-state index contributed by atoms with van der Waals surface area (Å²) in [6, 6.07) is 13.7. The highest BCUT2D eigenvalue weighted by Crippen LogP contribution is 2.40. The number of ether oxygens (including phenoxy) is 1. The summed E-state index contributed by atoms with van der Waals surface area (Å²) in [5.41, 5.74) is 1.35. The van der Waals surface area contributed by atoms with Gasteiger partial charge in [-0.1, -0.05) is 41.9 Å². The van der Waals surface area contributed by atoms with E-state index in [2.05, 4.69) is 34.7 Å². The highest BCUT2D eigenvalue weighted by atomic mass is 79.9. The minimum absolute atomic E-state index is 0.108. The van der Waals surface area contributed by atoms with Crippen molar-refractivity contribution in [1.29, 1.82) is 0 Å². The van der Waals surface area contributed by atoms with Gasteiger partial charge in [-0.15, -0.1) is 0 Å². The highest BCUT2D eigenvalue weighted by Gasteiger charge is 2.46. The average Bonchev–Trinajstić information content (AvgIpc) is 3.05. The average molecular weight is 501 g/mol. The number of rotatable bonds is 9. The number of carbonyl (C=O) groups excluding carboxylic acids is 2. The number of benzene rings is 2. The second-order valence-electron chi connectivity index (χ2n) is 7.53. The van der Waals surface area contributed by atoms with E-state index in [0.29, 0.717) is 31.0 Å². The minimum Gasteiger partial charge on any atom is -0.507 e. The fourth-order valence-corrected chi connectivity index (χ4v) is 4.37. The Labute approximate surface area is 197 Å². The number of hydrogen-bond acceptors (Lipinski definition) is 5. The number of amides is 1. The molecule has 0 saturated carbocycles. The van der Waals surface area contributed by atoms with Gasteiger partial charge in [0, 0.05) is 23.1 Å². The molecule has 1 atom stereocenters. The largest absolute Gasteiger partial charge is 0.507 e. The Morgan fingerprint density at radius 2 is 1.78 bits per heavy atom. The van der Waals surface area contributed by atoms with Crippen molar-refractivity contribution in [2.24, 2.45) is 0 Å². The van der Waals surface area contributed by atoms with E-state index in [9.17, 15) is 14.7 Å². The molecule has 7 heteroatoms. The van der Waals surface area contributed by atoms with Crippen LogP contribution < -0.4 is 4.74 Å². The van der Waals surface area contributed by atoms with Gasteiger partial charge in [-0.05, 0) is 62.0 Å². The molecule has 0 aromatic heterocycles. The number of carbonyl (C=O) groups is 2. The molecule has 1 amide bonds. The van der Waals surface area contributed by atoms with Gasteiger partial charge in [0.15, 0.2) is 0 Å². The molecule has 1 N–H and O–H groups in total. The van der Waals surface area contributed by atoms with Crippen LogP contribution in [0.5, 0.6) is 5.75 Å². The van der Waals surface area contributed by atoms with Crippen molar-refractivity contribution in [1.82, 2.24) is 9.80 Å². The third kappa shape index (κ3) is 5.05. The second kappa shape index (κ2) is 10.8. The molecule has 170 valence electrons. The monoisotopic (exact) mass is 500 g/mol. The topological polar surface area (TPSA) is 70.1 Å². The molecule has 6 nitrogen and oxygen atoms in total. The van der Waals surface area contributed by atoms with E-state index in [-0.39, 0.29) is 11.3 Å². The zero-order valence-corrected chi connectivity index (χ0v) is 20.3. The van der Waals surface area contributed by atoms with E-state index >= 15 is 0 Å². The standard InChI is InChI=1S/C25H29BrN2O4/c1-4-27(5-2)14-15-28-22(18-8-7-9-19(26)16-18)21(24(30)25(28)31)23(29)17-10-12-20(13-11-17)32-6-3/h7-13,16,22,29H,4-6,14-15H2,1-3H3/t22-/m1/s1. The summed E-state index contributed by atoms with van der Waals surface area (Å²) < 4.78 is 6.30. The molecule has 1 heterocycles. The summed E-state index contributed by atoms with van der Waals surface area (Å²) in [6.07, 6.45) is 0. The van der Waals surface area contributed by atoms with Gasteiger partial charge < -0.3 is 19.6 Å². The minimum atomic E-state index is -0.666. The third-order valence-corrected chi connectivity index (χ3v) is 6.19. The predicted molar refractivity (Wildman–Crippen MR) is 129 cm³/mol. The Kier molecular flexibility index (Phi) is 8.10. The number of nitrogens with zero attached hydrogens (tertiary/aromatic N) is 2. The molecule has 1 saturated heterocycles. The molecule has 0 unspecified atom stereocenters. The lowest BCUT2D eigenvalue weighted by Gasteiger charge is -2.28. The fourth-order valence-electron chi connectivity index (χ4n) is 3.95. The highest BCUT2D eigenvalue weighted by molar-refractivity contribution is 9.10. The molecule has 1 fully saturated rings. The van der Waals surface area contributed by atoms with E-state index < -0.39 is 17.7 Å². The van der Waals surface area contributed by atoms with Gasteiger partial charge >= 0.3 is 0 Å². The number of likely N-dealkylation sites (tertiary alicyclic amines) is 1. The first-order valence-electron chi connectivity index (χ1n) is 10.9. The van der Waals surface area contributed by atoms with Gasteiger partial charge in [-0.2, -0.15) is 0 Å². The van der Waals surface area contributed by atoms with E-state index in [0.717, 1.165) is 23.1 Å². The van der Waals surface area contributed by atoms with Crippen LogP contribution in [0.4, 0.5) is 0 Å². The van der Waals surface area contributed by atoms with Crippen molar-refractivity contribution in [3.8, 4) is 5.75 Å². The van der Waals surface area contributed by atoms with E-state index in [1.54, 1.807) is 29.2 Å². The molecular weight excluding hydrogens is 472 g/mol. The van der Waals surface area contributed by atoms with Crippen LogP contribution in [0.1, 0.15) is 37.9 Å². The van der Waals surface area contributed by atoms with Crippen molar-refractivity contribution < 1.29 is 19.4 Å². The number of likely N-dealkylation sites (N-methyl/N-ethyl adjacent to an activating group) is 1.